The second kappa shape index (κ2) is 11.4. The van der Waals surface area contributed by atoms with Crippen LogP contribution in [0.3, 0.4) is 0 Å². The van der Waals surface area contributed by atoms with E-state index in [2.05, 4.69) is 10.3 Å². The first-order chi connectivity index (χ1) is 18.8. The van der Waals surface area contributed by atoms with Gasteiger partial charge < -0.3 is 26.6 Å². The third kappa shape index (κ3) is 5.90. The third-order valence-corrected chi connectivity index (χ3v) is 8.06. The summed E-state index contributed by atoms with van der Waals surface area (Å²) in [5, 5.41) is 3.80. The van der Waals surface area contributed by atoms with Crippen LogP contribution in [0, 0.1) is 0 Å². The second-order valence-electron chi connectivity index (χ2n) is 8.83. The fraction of sp³-hybridized carbons (Fsp3) is 0.107. The Morgan fingerprint density at radius 2 is 1.74 bits per heavy atom. The number of hydrogen-bond donors (Lipinski definition) is 3. The molecule has 0 radical (unpaired) electrons. The van der Waals surface area contributed by atoms with Crippen LogP contribution in [0.15, 0.2) is 90.1 Å². The van der Waals surface area contributed by atoms with Gasteiger partial charge in [-0.05, 0) is 60.2 Å². The number of rotatable bonds is 7. The SMILES string of the molecule is Nc1ccc(SC2NC(=O)c3ccccc3N2CC(=O)N(Cc2cccnc2)c2ccc(N)cc2Cl)c(Cl)c1. The number of fused-ring (bicyclic) bond motifs is 1. The molecular formula is C28H24Cl2N6O2S. The average molecular weight is 580 g/mol. The molecule has 1 aliphatic heterocycles. The van der Waals surface area contributed by atoms with Gasteiger partial charge in [-0.3, -0.25) is 14.6 Å². The van der Waals surface area contributed by atoms with Crippen LogP contribution in [0.5, 0.6) is 0 Å². The predicted molar refractivity (Wildman–Crippen MR) is 158 cm³/mol. The molecule has 5 N–H and O–H groups in total. The number of benzene rings is 3. The third-order valence-electron chi connectivity index (χ3n) is 6.12. The normalized spacial score (nSPS) is 14.5. The highest BCUT2D eigenvalue weighted by atomic mass is 35.5. The zero-order valence-electron chi connectivity index (χ0n) is 20.6. The molecule has 0 spiro atoms. The number of nitrogens with two attached hydrogens (primary N) is 2. The van der Waals surface area contributed by atoms with Crippen molar-refractivity contribution >= 4 is 69.5 Å². The first kappa shape index (κ1) is 26.7. The number of halogens is 2. The van der Waals surface area contributed by atoms with Crippen LogP contribution >= 0.6 is 35.0 Å². The first-order valence-electron chi connectivity index (χ1n) is 11.9. The van der Waals surface area contributed by atoms with Gasteiger partial charge in [-0.2, -0.15) is 0 Å². The van der Waals surface area contributed by atoms with Crippen molar-refractivity contribution in [3.05, 3.63) is 106 Å². The summed E-state index contributed by atoms with van der Waals surface area (Å²) >= 11 is 14.3. The van der Waals surface area contributed by atoms with E-state index >= 15 is 0 Å². The largest absolute Gasteiger partial charge is 0.399 e. The van der Waals surface area contributed by atoms with Crippen LogP contribution < -0.4 is 26.6 Å². The molecule has 4 aromatic rings. The van der Waals surface area contributed by atoms with Gasteiger partial charge in [-0.15, -0.1) is 0 Å². The summed E-state index contributed by atoms with van der Waals surface area (Å²) in [5.41, 5.74) is 14.6. The molecule has 198 valence electrons. The molecule has 0 bridgehead atoms. The van der Waals surface area contributed by atoms with E-state index in [4.69, 9.17) is 34.7 Å². The highest BCUT2D eigenvalue weighted by molar-refractivity contribution is 8.00. The molecule has 2 heterocycles. The zero-order chi connectivity index (χ0) is 27.5. The minimum Gasteiger partial charge on any atom is -0.399 e. The number of nitrogens with one attached hydrogen (secondary N) is 1. The Kier molecular flexibility index (Phi) is 7.83. The van der Waals surface area contributed by atoms with Gasteiger partial charge in [0.2, 0.25) is 5.91 Å². The summed E-state index contributed by atoms with van der Waals surface area (Å²) in [7, 11) is 0. The van der Waals surface area contributed by atoms with E-state index in [1.165, 1.54) is 11.8 Å². The number of aromatic nitrogens is 1. The summed E-state index contributed by atoms with van der Waals surface area (Å²) in [6, 6.07) is 21.1. The molecular weight excluding hydrogens is 555 g/mol. The minimum absolute atomic E-state index is 0.0669. The zero-order valence-corrected chi connectivity index (χ0v) is 22.9. The van der Waals surface area contributed by atoms with Crippen molar-refractivity contribution < 1.29 is 9.59 Å². The maximum absolute atomic E-state index is 14.1. The van der Waals surface area contributed by atoms with Crippen molar-refractivity contribution in [2.45, 2.75) is 16.9 Å². The van der Waals surface area contributed by atoms with Gasteiger partial charge in [-0.1, -0.05) is 53.2 Å². The number of para-hydroxylation sites is 1. The van der Waals surface area contributed by atoms with E-state index in [0.29, 0.717) is 43.3 Å². The monoisotopic (exact) mass is 578 g/mol. The van der Waals surface area contributed by atoms with Gasteiger partial charge in [0.25, 0.3) is 5.91 Å². The number of thioether (sulfide) groups is 1. The molecule has 0 fully saturated rings. The number of nitrogens with zero attached hydrogens (tertiary/aromatic N) is 3. The van der Waals surface area contributed by atoms with Gasteiger partial charge in [0.15, 0.2) is 5.50 Å². The van der Waals surface area contributed by atoms with E-state index in [-0.39, 0.29) is 24.9 Å². The number of anilines is 4. The van der Waals surface area contributed by atoms with Crippen molar-refractivity contribution in [3.8, 4) is 0 Å². The molecule has 11 heteroatoms. The Bertz CT molecular complexity index is 1540. The van der Waals surface area contributed by atoms with Crippen molar-refractivity contribution in [1.82, 2.24) is 10.3 Å². The Morgan fingerprint density at radius 1 is 1.00 bits per heavy atom. The topological polar surface area (TPSA) is 118 Å². The van der Waals surface area contributed by atoms with Crippen molar-refractivity contribution in [2.24, 2.45) is 0 Å². The van der Waals surface area contributed by atoms with Crippen LogP contribution in [0.2, 0.25) is 10.0 Å². The highest BCUT2D eigenvalue weighted by Gasteiger charge is 2.34. The maximum atomic E-state index is 14.1. The highest BCUT2D eigenvalue weighted by Crippen LogP contribution is 2.37. The molecule has 2 amide bonds. The lowest BCUT2D eigenvalue weighted by Crippen LogP contribution is -2.54. The molecule has 5 rings (SSSR count). The Labute approximate surface area is 239 Å². The lowest BCUT2D eigenvalue weighted by atomic mass is 10.1. The van der Waals surface area contributed by atoms with Gasteiger partial charge in [-0.25, -0.2) is 0 Å². The van der Waals surface area contributed by atoms with Crippen molar-refractivity contribution in [2.75, 3.05) is 27.8 Å². The molecule has 1 aromatic heterocycles. The Morgan fingerprint density at radius 3 is 2.46 bits per heavy atom. The summed E-state index contributed by atoms with van der Waals surface area (Å²) < 4.78 is 0. The van der Waals surface area contributed by atoms with Crippen LogP contribution in [-0.2, 0) is 11.3 Å². The summed E-state index contributed by atoms with van der Waals surface area (Å²) in [6.45, 7) is 0.169. The van der Waals surface area contributed by atoms with Crippen LogP contribution in [0.1, 0.15) is 15.9 Å². The van der Waals surface area contributed by atoms with Crippen LogP contribution in [0.25, 0.3) is 0 Å². The van der Waals surface area contributed by atoms with Gasteiger partial charge in [0.05, 0.1) is 33.5 Å². The fourth-order valence-electron chi connectivity index (χ4n) is 4.26. The van der Waals surface area contributed by atoms with E-state index < -0.39 is 5.50 Å². The number of pyridine rings is 1. The van der Waals surface area contributed by atoms with Gasteiger partial charge >= 0.3 is 0 Å². The van der Waals surface area contributed by atoms with Gasteiger partial charge in [0.1, 0.15) is 6.54 Å². The van der Waals surface area contributed by atoms with Crippen LogP contribution in [0.4, 0.5) is 22.7 Å². The molecule has 1 unspecified atom stereocenters. The first-order valence-corrected chi connectivity index (χ1v) is 13.6. The molecule has 3 aromatic carbocycles. The number of hydrogen-bond acceptors (Lipinski definition) is 7. The quantitative estimate of drug-likeness (QED) is 0.251. The average Bonchev–Trinajstić information content (AvgIpc) is 2.92. The second-order valence-corrected chi connectivity index (χ2v) is 10.8. The van der Waals surface area contributed by atoms with E-state index in [0.717, 1.165) is 5.56 Å². The summed E-state index contributed by atoms with van der Waals surface area (Å²) in [5.74, 6) is -0.488. The number of carbonyl (C=O) groups excluding carboxylic acids is 2. The standard InChI is InChI=1S/C28H24Cl2N6O2S/c29-21-12-18(31)7-9-24(21)35(15-17-4-3-11-33-14-17)26(37)16-36-23-6-2-1-5-20(23)27(38)34-28(36)39-25-10-8-19(32)13-22(25)30/h1-14,28H,15-16,31-32H2,(H,34,38). The van der Waals surface area contributed by atoms with Crippen LogP contribution in [-0.4, -0.2) is 28.8 Å². The Balaban J connectivity index is 1.51. The lowest BCUT2D eigenvalue weighted by Gasteiger charge is -2.39. The number of amides is 2. The summed E-state index contributed by atoms with van der Waals surface area (Å²) in [6.07, 6.45) is 3.37. The minimum atomic E-state index is -0.625. The molecule has 8 nitrogen and oxygen atoms in total. The van der Waals surface area contributed by atoms with Crippen molar-refractivity contribution in [1.29, 1.82) is 0 Å². The number of carbonyl (C=O) groups is 2. The lowest BCUT2D eigenvalue weighted by molar-refractivity contribution is -0.117. The molecule has 0 aliphatic carbocycles. The summed E-state index contributed by atoms with van der Waals surface area (Å²) in [4.78, 5) is 35.4. The van der Waals surface area contributed by atoms with Crippen molar-refractivity contribution in [3.63, 3.8) is 0 Å². The van der Waals surface area contributed by atoms with E-state index in [1.807, 2.05) is 29.2 Å². The molecule has 1 aliphatic rings. The molecule has 39 heavy (non-hydrogen) atoms. The van der Waals surface area contributed by atoms with Gasteiger partial charge in [0, 0.05) is 28.7 Å². The number of nitrogen functional groups attached to an aromatic ring is 2. The smallest absolute Gasteiger partial charge is 0.255 e. The fourth-order valence-corrected chi connectivity index (χ4v) is 5.91. The maximum Gasteiger partial charge on any atom is 0.255 e. The Hall–Kier alpha value is -3.92. The molecule has 0 saturated carbocycles. The van der Waals surface area contributed by atoms with E-state index in [9.17, 15) is 9.59 Å². The predicted octanol–water partition coefficient (Wildman–Crippen LogP) is 5.41. The van der Waals surface area contributed by atoms with E-state index in [1.54, 1.807) is 65.8 Å². The molecule has 1 atom stereocenters. The molecule has 0 saturated heterocycles.